The number of hydrogen-bond donors (Lipinski definition) is 1. The molecule has 1 aromatic carbocycles. The predicted octanol–water partition coefficient (Wildman–Crippen LogP) is 4.06. The number of likely N-dealkylation sites (N-methyl/N-ethyl adjacent to an activating group) is 1. The van der Waals surface area contributed by atoms with Crippen molar-refractivity contribution in [2.75, 3.05) is 25.6 Å². The summed E-state index contributed by atoms with van der Waals surface area (Å²) in [7, 11) is 2.21. The highest BCUT2D eigenvalue weighted by molar-refractivity contribution is 7.98. The molecule has 0 fully saturated rings. The fraction of sp³-hybridized carbons (Fsp3) is 0.667. The lowest BCUT2D eigenvalue weighted by molar-refractivity contribution is 0.188. The molecule has 0 spiro atoms. The van der Waals surface area contributed by atoms with Gasteiger partial charge in [0.1, 0.15) is 0 Å². The topological polar surface area (TPSA) is 29.3 Å². The van der Waals surface area contributed by atoms with Crippen molar-refractivity contribution in [3.8, 4) is 0 Å². The summed E-state index contributed by atoms with van der Waals surface area (Å²) in [5.74, 6) is 1.16. The number of hydrogen-bond acceptors (Lipinski definition) is 3. The van der Waals surface area contributed by atoms with Gasteiger partial charge in [0.25, 0.3) is 0 Å². The summed E-state index contributed by atoms with van der Waals surface area (Å²) < 4.78 is 0. The molecule has 0 radical (unpaired) electrons. The van der Waals surface area contributed by atoms with Crippen molar-refractivity contribution in [2.45, 2.75) is 51.6 Å². The Labute approximate surface area is 135 Å². The van der Waals surface area contributed by atoms with E-state index in [1.54, 1.807) is 0 Å². The summed E-state index contributed by atoms with van der Waals surface area (Å²) in [6.07, 6.45) is 3.33. The molecule has 0 aliphatic carbocycles. The van der Waals surface area contributed by atoms with Crippen molar-refractivity contribution in [1.82, 2.24) is 4.90 Å². The van der Waals surface area contributed by atoms with Crippen LogP contribution in [-0.2, 0) is 5.41 Å². The van der Waals surface area contributed by atoms with E-state index in [4.69, 9.17) is 5.73 Å². The highest BCUT2D eigenvalue weighted by Gasteiger charge is 2.22. The van der Waals surface area contributed by atoms with Crippen LogP contribution in [0, 0.1) is 0 Å². The molecule has 1 aromatic rings. The van der Waals surface area contributed by atoms with Crippen LogP contribution in [0.15, 0.2) is 24.3 Å². The van der Waals surface area contributed by atoms with Gasteiger partial charge in [-0.2, -0.15) is 11.8 Å². The molecule has 0 aliphatic rings. The highest BCUT2D eigenvalue weighted by Crippen LogP contribution is 2.27. The van der Waals surface area contributed by atoms with Crippen LogP contribution in [0.2, 0.25) is 0 Å². The van der Waals surface area contributed by atoms with Crippen molar-refractivity contribution in [2.24, 2.45) is 5.73 Å². The second-order valence-electron chi connectivity index (χ2n) is 6.81. The Kier molecular flexibility index (Phi) is 7.25. The Morgan fingerprint density at radius 1 is 1.19 bits per heavy atom. The van der Waals surface area contributed by atoms with Gasteiger partial charge in [-0.15, -0.1) is 0 Å². The molecule has 120 valence electrons. The van der Waals surface area contributed by atoms with E-state index in [2.05, 4.69) is 70.2 Å². The maximum atomic E-state index is 6.07. The maximum absolute atomic E-state index is 6.07. The zero-order chi connectivity index (χ0) is 16.0. The molecule has 0 saturated carbocycles. The molecule has 21 heavy (non-hydrogen) atoms. The molecule has 1 rings (SSSR count). The lowest BCUT2D eigenvalue weighted by atomic mass is 9.86. The van der Waals surface area contributed by atoms with Gasteiger partial charge in [0, 0.05) is 24.4 Å². The molecule has 0 aromatic heterocycles. The highest BCUT2D eigenvalue weighted by atomic mass is 32.2. The normalized spacial score (nSPS) is 15.2. The third kappa shape index (κ3) is 5.01. The van der Waals surface area contributed by atoms with Crippen molar-refractivity contribution in [3.05, 3.63) is 35.4 Å². The van der Waals surface area contributed by atoms with Crippen molar-refractivity contribution >= 4 is 11.8 Å². The quantitative estimate of drug-likeness (QED) is 0.823. The summed E-state index contributed by atoms with van der Waals surface area (Å²) in [5, 5.41) is 0. The molecule has 0 amide bonds. The average molecular weight is 309 g/mol. The number of nitrogens with zero attached hydrogens (tertiary/aromatic N) is 1. The van der Waals surface area contributed by atoms with Crippen LogP contribution in [0.5, 0.6) is 0 Å². The van der Waals surface area contributed by atoms with Crippen molar-refractivity contribution < 1.29 is 0 Å². The van der Waals surface area contributed by atoms with E-state index < -0.39 is 0 Å². The van der Waals surface area contributed by atoms with Gasteiger partial charge in [0.2, 0.25) is 0 Å². The lowest BCUT2D eigenvalue weighted by Crippen LogP contribution is -2.39. The first-order valence-corrected chi connectivity index (χ1v) is 9.25. The van der Waals surface area contributed by atoms with Crippen molar-refractivity contribution in [1.29, 1.82) is 0 Å². The van der Waals surface area contributed by atoms with Gasteiger partial charge in [0.15, 0.2) is 0 Å². The standard InChI is InChI=1S/C18H32N2S/c1-7-16(13-21-6)20(5)17(12-19)14-8-10-15(11-9-14)18(2,3)4/h8-11,16-17H,7,12-13,19H2,1-6H3. The minimum Gasteiger partial charge on any atom is -0.329 e. The summed E-state index contributed by atoms with van der Waals surface area (Å²) in [4.78, 5) is 2.45. The fourth-order valence-corrected chi connectivity index (χ4v) is 3.57. The van der Waals surface area contributed by atoms with E-state index >= 15 is 0 Å². The van der Waals surface area contributed by atoms with Gasteiger partial charge in [-0.1, -0.05) is 52.0 Å². The molecule has 0 heterocycles. The van der Waals surface area contributed by atoms with E-state index in [0.29, 0.717) is 18.6 Å². The Morgan fingerprint density at radius 3 is 2.14 bits per heavy atom. The maximum Gasteiger partial charge on any atom is 0.0470 e. The molecule has 2 nitrogen and oxygen atoms in total. The smallest absolute Gasteiger partial charge is 0.0470 e. The number of thioether (sulfide) groups is 1. The minimum atomic E-state index is 0.202. The van der Waals surface area contributed by atoms with E-state index in [9.17, 15) is 0 Å². The van der Waals surface area contributed by atoms with Gasteiger partial charge in [-0.25, -0.2) is 0 Å². The first-order valence-electron chi connectivity index (χ1n) is 7.86. The Hall–Kier alpha value is -0.510. The number of benzene rings is 1. The first-order chi connectivity index (χ1) is 9.85. The third-order valence-electron chi connectivity index (χ3n) is 4.28. The summed E-state index contributed by atoms with van der Waals surface area (Å²) in [5.41, 5.74) is 8.97. The Morgan fingerprint density at radius 2 is 1.76 bits per heavy atom. The molecular weight excluding hydrogens is 276 g/mol. The van der Waals surface area contributed by atoms with E-state index in [1.807, 2.05) is 11.8 Å². The van der Waals surface area contributed by atoms with E-state index in [-0.39, 0.29) is 5.41 Å². The van der Waals surface area contributed by atoms with Gasteiger partial charge < -0.3 is 5.73 Å². The SMILES string of the molecule is CCC(CSC)N(C)C(CN)c1ccc(C(C)(C)C)cc1. The van der Waals surface area contributed by atoms with E-state index in [0.717, 1.165) is 12.2 Å². The average Bonchev–Trinajstić information content (AvgIpc) is 2.45. The molecule has 2 N–H and O–H groups in total. The van der Waals surface area contributed by atoms with Crippen LogP contribution in [0.4, 0.5) is 0 Å². The van der Waals surface area contributed by atoms with Crippen LogP contribution < -0.4 is 5.73 Å². The second-order valence-corrected chi connectivity index (χ2v) is 7.72. The van der Waals surface area contributed by atoms with Gasteiger partial charge in [0.05, 0.1) is 0 Å². The summed E-state index contributed by atoms with van der Waals surface area (Å²) >= 11 is 1.91. The van der Waals surface area contributed by atoms with Crippen molar-refractivity contribution in [3.63, 3.8) is 0 Å². The first kappa shape index (κ1) is 18.5. The monoisotopic (exact) mass is 308 g/mol. The number of rotatable bonds is 7. The zero-order valence-electron chi connectivity index (χ0n) is 14.5. The van der Waals surface area contributed by atoms with Crippen LogP contribution in [-0.4, -0.2) is 36.5 Å². The minimum absolute atomic E-state index is 0.202. The van der Waals surface area contributed by atoms with Crippen LogP contribution in [0.25, 0.3) is 0 Å². The van der Waals surface area contributed by atoms with Crippen LogP contribution in [0.3, 0.4) is 0 Å². The van der Waals surface area contributed by atoms with Crippen LogP contribution >= 0.6 is 11.8 Å². The molecule has 2 atom stereocenters. The molecule has 0 bridgehead atoms. The summed E-state index contributed by atoms with van der Waals surface area (Å²) in [6, 6.07) is 9.88. The lowest BCUT2D eigenvalue weighted by Gasteiger charge is -2.34. The Bertz CT molecular complexity index is 408. The van der Waals surface area contributed by atoms with Gasteiger partial charge in [-0.3, -0.25) is 4.90 Å². The largest absolute Gasteiger partial charge is 0.329 e. The zero-order valence-corrected chi connectivity index (χ0v) is 15.3. The fourth-order valence-electron chi connectivity index (χ4n) is 2.71. The second kappa shape index (κ2) is 8.21. The van der Waals surface area contributed by atoms with E-state index in [1.165, 1.54) is 11.1 Å². The Balaban J connectivity index is 2.94. The van der Waals surface area contributed by atoms with Crippen LogP contribution in [0.1, 0.15) is 51.3 Å². The molecule has 2 unspecified atom stereocenters. The summed E-state index contributed by atoms with van der Waals surface area (Å²) in [6.45, 7) is 9.67. The molecular formula is C18H32N2S. The number of nitrogens with two attached hydrogens (primary N) is 1. The predicted molar refractivity (Wildman–Crippen MR) is 97.2 cm³/mol. The molecule has 3 heteroatoms. The third-order valence-corrected chi connectivity index (χ3v) is 5.00. The molecule has 0 saturated heterocycles. The molecule has 0 aliphatic heterocycles. The van der Waals surface area contributed by atoms with Gasteiger partial charge >= 0.3 is 0 Å². The van der Waals surface area contributed by atoms with Gasteiger partial charge in [-0.05, 0) is 36.3 Å².